The maximum Gasteiger partial charge on any atom is 0.304 e. The first kappa shape index (κ1) is 11.7. The van der Waals surface area contributed by atoms with Crippen LogP contribution in [0.4, 0.5) is 4.39 Å². The van der Waals surface area contributed by atoms with E-state index in [0.29, 0.717) is 6.54 Å². The maximum atomic E-state index is 12.9. The minimum absolute atomic E-state index is 0.0416. The molecule has 1 aromatic carbocycles. The van der Waals surface area contributed by atoms with Gasteiger partial charge < -0.3 is 10.4 Å². The van der Waals surface area contributed by atoms with Crippen molar-refractivity contribution in [2.24, 2.45) is 0 Å². The summed E-state index contributed by atoms with van der Waals surface area (Å²) in [5.41, 5.74) is 0.820. The highest BCUT2D eigenvalue weighted by Crippen LogP contribution is 2.12. The van der Waals surface area contributed by atoms with Gasteiger partial charge in [0, 0.05) is 12.6 Å². The number of hydrogen-bond donors (Lipinski definition) is 2. The van der Waals surface area contributed by atoms with Gasteiger partial charge in [-0.3, -0.25) is 4.79 Å². The molecule has 0 bridgehead atoms. The lowest BCUT2D eigenvalue weighted by atomic mass is 10.1. The molecule has 0 aromatic heterocycles. The Morgan fingerprint density at radius 1 is 1.60 bits per heavy atom. The summed E-state index contributed by atoms with van der Waals surface area (Å²) in [6.45, 7) is 2.25. The fourth-order valence-electron chi connectivity index (χ4n) is 1.29. The van der Waals surface area contributed by atoms with Crippen LogP contribution in [0.2, 0.25) is 0 Å². The first-order valence-electron chi connectivity index (χ1n) is 4.80. The Kier molecular flexibility index (Phi) is 4.24. The van der Waals surface area contributed by atoms with Gasteiger partial charge in [0.1, 0.15) is 5.82 Å². The van der Waals surface area contributed by atoms with E-state index in [1.54, 1.807) is 6.07 Å². The Morgan fingerprint density at radius 3 is 2.93 bits per heavy atom. The average Bonchev–Trinajstić information content (AvgIpc) is 2.17. The van der Waals surface area contributed by atoms with Crippen molar-refractivity contribution < 1.29 is 14.3 Å². The molecule has 15 heavy (non-hydrogen) atoms. The van der Waals surface area contributed by atoms with Crippen LogP contribution in [0.1, 0.15) is 24.9 Å². The molecule has 0 fully saturated rings. The lowest BCUT2D eigenvalue weighted by Gasteiger charge is -2.13. The van der Waals surface area contributed by atoms with E-state index >= 15 is 0 Å². The predicted octanol–water partition coefficient (Wildman–Crippen LogP) is 1.95. The highest BCUT2D eigenvalue weighted by atomic mass is 19.1. The molecule has 0 amide bonds. The monoisotopic (exact) mass is 211 g/mol. The zero-order valence-electron chi connectivity index (χ0n) is 8.53. The largest absolute Gasteiger partial charge is 0.481 e. The first-order chi connectivity index (χ1) is 7.09. The van der Waals surface area contributed by atoms with Gasteiger partial charge in [-0.25, -0.2) is 4.39 Å². The summed E-state index contributed by atoms with van der Waals surface area (Å²) >= 11 is 0. The van der Waals surface area contributed by atoms with Gasteiger partial charge in [-0.15, -0.1) is 0 Å². The summed E-state index contributed by atoms with van der Waals surface area (Å²) in [6.07, 6.45) is 0.0691. The second kappa shape index (κ2) is 5.46. The summed E-state index contributed by atoms with van der Waals surface area (Å²) in [7, 11) is 0. The Bertz CT molecular complexity index is 341. The molecule has 0 saturated heterocycles. The van der Waals surface area contributed by atoms with Gasteiger partial charge in [-0.2, -0.15) is 0 Å². The van der Waals surface area contributed by atoms with Crippen LogP contribution in [-0.4, -0.2) is 17.6 Å². The van der Waals surface area contributed by atoms with Crippen molar-refractivity contribution >= 4 is 5.97 Å². The smallest absolute Gasteiger partial charge is 0.304 e. The van der Waals surface area contributed by atoms with Crippen molar-refractivity contribution in [2.45, 2.75) is 19.4 Å². The third-order valence-electron chi connectivity index (χ3n) is 2.14. The Labute approximate surface area is 87.9 Å². The van der Waals surface area contributed by atoms with Gasteiger partial charge in [-0.05, 0) is 24.6 Å². The molecule has 2 N–H and O–H groups in total. The number of benzene rings is 1. The Morgan fingerprint density at radius 2 is 2.33 bits per heavy atom. The quantitative estimate of drug-likeness (QED) is 0.782. The van der Waals surface area contributed by atoms with Crippen LogP contribution in [0.25, 0.3) is 0 Å². The van der Waals surface area contributed by atoms with Crippen LogP contribution < -0.4 is 5.32 Å². The van der Waals surface area contributed by atoms with Gasteiger partial charge in [0.2, 0.25) is 0 Å². The minimum atomic E-state index is -0.839. The van der Waals surface area contributed by atoms with Crippen molar-refractivity contribution in [1.82, 2.24) is 5.32 Å². The maximum absolute atomic E-state index is 12.9. The molecule has 0 spiro atoms. The van der Waals surface area contributed by atoms with Crippen molar-refractivity contribution in [1.29, 1.82) is 0 Å². The molecule has 0 heterocycles. The number of halogens is 1. The standard InChI is InChI=1S/C11H14FNO2/c1-8(13-6-5-11(14)15)9-3-2-4-10(12)7-9/h2-4,7-8,13H,5-6H2,1H3,(H,14,15)/t8-/m0/s1. The number of nitrogens with one attached hydrogen (secondary N) is 1. The SMILES string of the molecule is C[C@H](NCCC(=O)O)c1cccc(F)c1. The topological polar surface area (TPSA) is 49.3 Å². The van der Waals surface area contributed by atoms with Crippen LogP contribution in [-0.2, 0) is 4.79 Å². The Balaban J connectivity index is 2.46. The number of carboxylic acids is 1. The van der Waals surface area contributed by atoms with Gasteiger partial charge >= 0.3 is 5.97 Å². The molecule has 0 aliphatic rings. The second-order valence-corrected chi connectivity index (χ2v) is 3.37. The number of carbonyl (C=O) groups is 1. The van der Waals surface area contributed by atoms with E-state index in [9.17, 15) is 9.18 Å². The zero-order chi connectivity index (χ0) is 11.3. The lowest BCUT2D eigenvalue weighted by Crippen LogP contribution is -2.21. The summed E-state index contributed by atoms with van der Waals surface area (Å²) in [5, 5.41) is 11.5. The molecule has 82 valence electrons. The molecule has 0 aliphatic carbocycles. The van der Waals surface area contributed by atoms with E-state index in [2.05, 4.69) is 5.32 Å². The van der Waals surface area contributed by atoms with E-state index in [-0.39, 0.29) is 18.3 Å². The average molecular weight is 211 g/mol. The van der Waals surface area contributed by atoms with Crippen LogP contribution in [0.15, 0.2) is 24.3 Å². The van der Waals surface area contributed by atoms with E-state index in [1.807, 2.05) is 13.0 Å². The van der Waals surface area contributed by atoms with Crippen molar-refractivity contribution in [3.05, 3.63) is 35.6 Å². The van der Waals surface area contributed by atoms with Crippen LogP contribution in [0.5, 0.6) is 0 Å². The van der Waals surface area contributed by atoms with Crippen molar-refractivity contribution in [3.8, 4) is 0 Å². The van der Waals surface area contributed by atoms with E-state index in [1.165, 1.54) is 12.1 Å². The van der Waals surface area contributed by atoms with Gasteiger partial charge in [0.15, 0.2) is 0 Å². The number of carboxylic acid groups (broad SMARTS) is 1. The van der Waals surface area contributed by atoms with Gasteiger partial charge in [0.25, 0.3) is 0 Å². The van der Waals surface area contributed by atoms with Crippen molar-refractivity contribution in [3.63, 3.8) is 0 Å². The molecular formula is C11H14FNO2. The van der Waals surface area contributed by atoms with Gasteiger partial charge in [0.05, 0.1) is 6.42 Å². The fraction of sp³-hybridized carbons (Fsp3) is 0.364. The van der Waals surface area contributed by atoms with Gasteiger partial charge in [-0.1, -0.05) is 12.1 Å². The minimum Gasteiger partial charge on any atom is -0.481 e. The number of hydrogen-bond acceptors (Lipinski definition) is 2. The normalized spacial score (nSPS) is 12.4. The summed E-state index contributed by atoms with van der Waals surface area (Å²) < 4.78 is 12.9. The summed E-state index contributed by atoms with van der Waals surface area (Å²) in [5.74, 6) is -1.12. The highest BCUT2D eigenvalue weighted by Gasteiger charge is 2.05. The van der Waals surface area contributed by atoms with Crippen molar-refractivity contribution in [2.75, 3.05) is 6.54 Å². The predicted molar refractivity (Wildman–Crippen MR) is 55.1 cm³/mol. The molecule has 1 rings (SSSR count). The van der Waals surface area contributed by atoms with Crippen LogP contribution >= 0.6 is 0 Å². The van der Waals surface area contributed by atoms with E-state index < -0.39 is 5.97 Å². The molecule has 0 saturated carbocycles. The second-order valence-electron chi connectivity index (χ2n) is 3.37. The molecule has 3 nitrogen and oxygen atoms in total. The highest BCUT2D eigenvalue weighted by molar-refractivity contribution is 5.66. The molecule has 0 unspecified atom stereocenters. The van der Waals surface area contributed by atoms with E-state index in [4.69, 9.17) is 5.11 Å². The Hall–Kier alpha value is -1.42. The zero-order valence-corrected chi connectivity index (χ0v) is 8.53. The molecule has 0 radical (unpaired) electrons. The van der Waals surface area contributed by atoms with Crippen LogP contribution in [0.3, 0.4) is 0 Å². The number of rotatable bonds is 5. The summed E-state index contributed by atoms with van der Waals surface area (Å²) in [4.78, 5) is 10.3. The molecule has 1 atom stereocenters. The molecular weight excluding hydrogens is 197 g/mol. The molecule has 1 aromatic rings. The summed E-state index contributed by atoms with van der Waals surface area (Å²) in [6, 6.07) is 6.23. The third-order valence-corrected chi connectivity index (χ3v) is 2.14. The number of aliphatic carboxylic acids is 1. The molecule has 0 aliphatic heterocycles. The van der Waals surface area contributed by atoms with Crippen LogP contribution in [0, 0.1) is 5.82 Å². The third kappa shape index (κ3) is 4.08. The van der Waals surface area contributed by atoms with E-state index in [0.717, 1.165) is 5.56 Å². The fourth-order valence-corrected chi connectivity index (χ4v) is 1.29. The molecule has 4 heteroatoms. The first-order valence-corrected chi connectivity index (χ1v) is 4.80. The lowest BCUT2D eigenvalue weighted by molar-refractivity contribution is -0.136.